The van der Waals surface area contributed by atoms with E-state index in [0.717, 1.165) is 5.56 Å². The summed E-state index contributed by atoms with van der Waals surface area (Å²) in [6.45, 7) is 2.23. The highest BCUT2D eigenvalue weighted by atomic mass is 16.3. The Morgan fingerprint density at radius 3 is 2.10 bits per heavy atom. The molecule has 0 bridgehead atoms. The third-order valence-corrected chi connectivity index (χ3v) is 4.65. The van der Waals surface area contributed by atoms with Crippen molar-refractivity contribution in [2.24, 2.45) is 0 Å². The number of likely N-dealkylation sites (tertiary alicyclic amines) is 1. The van der Waals surface area contributed by atoms with E-state index in [-0.39, 0.29) is 6.04 Å². The minimum absolute atomic E-state index is 0.148. The predicted molar refractivity (Wildman–Crippen MR) is 81.6 cm³/mol. The number of nitrogens with zero attached hydrogens (tertiary/aromatic N) is 1. The fourth-order valence-corrected chi connectivity index (χ4v) is 3.38. The van der Waals surface area contributed by atoms with Crippen LogP contribution in [-0.2, 0) is 0 Å². The molecule has 1 aliphatic heterocycles. The first-order valence-electron chi connectivity index (χ1n) is 7.20. The standard InChI is InChI=1S/C18H21NO/c1-13-16(14-9-5-3-6-10-14)17(19(13)2)18(20)15-11-7-4-8-12-15/h3-13,16-18,20H,1-2H3/t13-,16+,17-,18+/m0/s1. The van der Waals surface area contributed by atoms with Gasteiger partial charge in [0, 0.05) is 18.0 Å². The Morgan fingerprint density at radius 1 is 0.950 bits per heavy atom. The second kappa shape index (κ2) is 5.39. The minimum Gasteiger partial charge on any atom is -0.387 e. The van der Waals surface area contributed by atoms with E-state index in [4.69, 9.17) is 0 Å². The highest BCUT2D eigenvalue weighted by Crippen LogP contribution is 2.44. The van der Waals surface area contributed by atoms with Gasteiger partial charge in [0.2, 0.25) is 0 Å². The van der Waals surface area contributed by atoms with E-state index >= 15 is 0 Å². The molecule has 0 radical (unpaired) electrons. The summed E-state index contributed by atoms with van der Waals surface area (Å²) >= 11 is 0. The lowest BCUT2D eigenvalue weighted by Crippen LogP contribution is -2.61. The summed E-state index contributed by atoms with van der Waals surface area (Å²) in [6.07, 6.45) is -0.442. The summed E-state index contributed by atoms with van der Waals surface area (Å²) in [5.74, 6) is 0.386. The summed E-state index contributed by atoms with van der Waals surface area (Å²) in [5, 5.41) is 10.7. The van der Waals surface area contributed by atoms with Gasteiger partial charge in [0.25, 0.3) is 0 Å². The van der Waals surface area contributed by atoms with E-state index in [1.54, 1.807) is 0 Å². The zero-order valence-corrected chi connectivity index (χ0v) is 12.0. The molecule has 1 saturated heterocycles. The summed E-state index contributed by atoms with van der Waals surface area (Å²) in [5.41, 5.74) is 2.32. The lowest BCUT2D eigenvalue weighted by Gasteiger charge is -2.54. The van der Waals surface area contributed by atoms with Crippen molar-refractivity contribution in [1.29, 1.82) is 0 Å². The Bertz CT molecular complexity index is 554. The first-order valence-corrected chi connectivity index (χ1v) is 7.20. The molecule has 4 atom stereocenters. The molecule has 1 N–H and O–H groups in total. The molecule has 2 aromatic carbocycles. The number of rotatable bonds is 3. The summed E-state index contributed by atoms with van der Waals surface area (Å²) in [6, 6.07) is 21.1. The topological polar surface area (TPSA) is 23.5 Å². The maximum absolute atomic E-state index is 10.7. The van der Waals surface area contributed by atoms with Crippen LogP contribution in [0.4, 0.5) is 0 Å². The van der Waals surface area contributed by atoms with Crippen molar-refractivity contribution in [1.82, 2.24) is 4.90 Å². The van der Waals surface area contributed by atoms with Crippen LogP contribution in [0.3, 0.4) is 0 Å². The van der Waals surface area contributed by atoms with Gasteiger partial charge in [0.05, 0.1) is 6.10 Å². The van der Waals surface area contributed by atoms with Crippen LogP contribution in [0.25, 0.3) is 0 Å². The van der Waals surface area contributed by atoms with Crippen molar-refractivity contribution in [2.75, 3.05) is 7.05 Å². The van der Waals surface area contributed by atoms with E-state index in [1.807, 2.05) is 36.4 Å². The second-order valence-corrected chi connectivity index (χ2v) is 5.69. The fourth-order valence-electron chi connectivity index (χ4n) is 3.38. The normalized spacial score (nSPS) is 27.9. The summed E-state index contributed by atoms with van der Waals surface area (Å²) < 4.78 is 0. The molecule has 20 heavy (non-hydrogen) atoms. The highest BCUT2D eigenvalue weighted by Gasteiger charge is 2.47. The van der Waals surface area contributed by atoms with Crippen molar-refractivity contribution in [2.45, 2.75) is 31.0 Å². The van der Waals surface area contributed by atoms with Crippen LogP contribution in [0.15, 0.2) is 60.7 Å². The maximum Gasteiger partial charge on any atom is 0.0951 e. The molecule has 1 aliphatic rings. The van der Waals surface area contributed by atoms with Crippen LogP contribution in [0, 0.1) is 0 Å². The third-order valence-electron chi connectivity index (χ3n) is 4.65. The molecular formula is C18H21NO. The van der Waals surface area contributed by atoms with Gasteiger partial charge in [-0.25, -0.2) is 0 Å². The Kier molecular flexibility index (Phi) is 3.60. The van der Waals surface area contributed by atoms with Gasteiger partial charge in [-0.05, 0) is 25.1 Å². The molecule has 2 heteroatoms. The van der Waals surface area contributed by atoms with Gasteiger partial charge in [-0.1, -0.05) is 60.7 Å². The van der Waals surface area contributed by atoms with Crippen molar-refractivity contribution in [3.8, 4) is 0 Å². The molecule has 0 saturated carbocycles. The number of hydrogen-bond donors (Lipinski definition) is 1. The van der Waals surface area contributed by atoms with Gasteiger partial charge in [0.1, 0.15) is 0 Å². The Labute approximate surface area is 120 Å². The zero-order chi connectivity index (χ0) is 14.1. The average molecular weight is 267 g/mol. The molecule has 0 unspecified atom stereocenters. The molecule has 2 nitrogen and oxygen atoms in total. The Morgan fingerprint density at radius 2 is 1.50 bits per heavy atom. The highest BCUT2D eigenvalue weighted by molar-refractivity contribution is 5.30. The number of benzene rings is 2. The smallest absolute Gasteiger partial charge is 0.0951 e. The quantitative estimate of drug-likeness (QED) is 0.923. The SMILES string of the molecule is C[C@H]1[C@H](c2ccccc2)[C@@H]([C@H](O)c2ccccc2)N1C. The van der Waals surface area contributed by atoms with Crippen molar-refractivity contribution in [3.05, 3.63) is 71.8 Å². The molecule has 0 aromatic heterocycles. The molecule has 104 valence electrons. The monoisotopic (exact) mass is 267 g/mol. The van der Waals surface area contributed by atoms with E-state index in [2.05, 4.69) is 43.1 Å². The molecule has 3 rings (SSSR count). The van der Waals surface area contributed by atoms with Gasteiger partial charge in [-0.15, -0.1) is 0 Å². The molecule has 2 aromatic rings. The molecular weight excluding hydrogens is 246 g/mol. The van der Waals surface area contributed by atoms with Gasteiger partial charge in [-0.3, -0.25) is 4.90 Å². The Balaban J connectivity index is 1.88. The Hall–Kier alpha value is -1.64. The second-order valence-electron chi connectivity index (χ2n) is 5.69. The molecule has 0 spiro atoms. The van der Waals surface area contributed by atoms with Crippen molar-refractivity contribution in [3.63, 3.8) is 0 Å². The lowest BCUT2D eigenvalue weighted by atomic mass is 9.72. The molecule has 1 fully saturated rings. The number of likely N-dealkylation sites (N-methyl/N-ethyl adjacent to an activating group) is 1. The van der Waals surface area contributed by atoms with Crippen LogP contribution >= 0.6 is 0 Å². The first kappa shape index (κ1) is 13.3. The average Bonchev–Trinajstić information content (AvgIpc) is 2.52. The minimum atomic E-state index is -0.442. The zero-order valence-electron chi connectivity index (χ0n) is 12.0. The number of aliphatic hydroxyl groups excluding tert-OH is 1. The fraction of sp³-hybridized carbons (Fsp3) is 0.333. The van der Waals surface area contributed by atoms with Crippen LogP contribution < -0.4 is 0 Å². The number of hydrogen-bond acceptors (Lipinski definition) is 2. The summed E-state index contributed by atoms with van der Waals surface area (Å²) in [4.78, 5) is 2.27. The molecule has 0 amide bonds. The maximum atomic E-state index is 10.7. The van der Waals surface area contributed by atoms with E-state index in [0.29, 0.717) is 12.0 Å². The molecule has 0 aliphatic carbocycles. The van der Waals surface area contributed by atoms with Crippen molar-refractivity contribution < 1.29 is 5.11 Å². The van der Waals surface area contributed by atoms with Crippen molar-refractivity contribution >= 4 is 0 Å². The summed E-state index contributed by atoms with van der Waals surface area (Å²) in [7, 11) is 2.10. The molecule has 1 heterocycles. The van der Waals surface area contributed by atoms with E-state index in [1.165, 1.54) is 5.56 Å². The predicted octanol–water partition coefficient (Wildman–Crippen LogP) is 3.21. The van der Waals surface area contributed by atoms with Crippen LogP contribution in [-0.4, -0.2) is 29.1 Å². The van der Waals surface area contributed by atoms with Gasteiger partial charge in [-0.2, -0.15) is 0 Å². The van der Waals surface area contributed by atoms with Crippen LogP contribution in [0.2, 0.25) is 0 Å². The number of aliphatic hydroxyl groups is 1. The van der Waals surface area contributed by atoms with Crippen LogP contribution in [0.1, 0.15) is 30.1 Å². The van der Waals surface area contributed by atoms with Gasteiger partial charge in [0.15, 0.2) is 0 Å². The van der Waals surface area contributed by atoms with Crippen LogP contribution in [0.5, 0.6) is 0 Å². The lowest BCUT2D eigenvalue weighted by molar-refractivity contribution is -0.0594. The van der Waals surface area contributed by atoms with E-state index < -0.39 is 6.10 Å². The third kappa shape index (κ3) is 2.15. The first-order chi connectivity index (χ1) is 9.70. The largest absolute Gasteiger partial charge is 0.387 e. The van der Waals surface area contributed by atoms with Gasteiger partial charge >= 0.3 is 0 Å². The van der Waals surface area contributed by atoms with Gasteiger partial charge < -0.3 is 5.11 Å². The van der Waals surface area contributed by atoms with E-state index in [9.17, 15) is 5.11 Å².